The van der Waals surface area contributed by atoms with Crippen LogP contribution < -0.4 is 14.9 Å². The molecule has 0 bridgehead atoms. The smallest absolute Gasteiger partial charge is 0.255 e. The molecule has 1 aliphatic rings. The molecular formula is C21H28N4O3S. The molecule has 3 rings (SSSR count). The summed E-state index contributed by atoms with van der Waals surface area (Å²) in [6.45, 7) is 5.63. The highest BCUT2D eigenvalue weighted by atomic mass is 32.2. The Kier molecular flexibility index (Phi) is 6.87. The van der Waals surface area contributed by atoms with E-state index in [2.05, 4.69) is 19.9 Å². The van der Waals surface area contributed by atoms with Gasteiger partial charge < -0.3 is 10.2 Å². The topological polar surface area (TPSA) is 91.4 Å². The molecule has 1 aromatic carbocycles. The summed E-state index contributed by atoms with van der Waals surface area (Å²) in [6.07, 6.45) is 3.90. The van der Waals surface area contributed by atoms with Gasteiger partial charge >= 0.3 is 0 Å². The quantitative estimate of drug-likeness (QED) is 0.690. The number of hydrogen-bond donors (Lipinski definition) is 2. The molecule has 1 saturated heterocycles. The number of pyridine rings is 1. The van der Waals surface area contributed by atoms with Gasteiger partial charge in [0.25, 0.3) is 5.91 Å². The molecule has 0 unspecified atom stereocenters. The normalized spacial score (nSPS) is 14.4. The van der Waals surface area contributed by atoms with Crippen molar-refractivity contribution in [2.24, 2.45) is 0 Å². The lowest BCUT2D eigenvalue weighted by Crippen LogP contribution is -2.32. The molecule has 0 aliphatic carbocycles. The number of nitrogens with one attached hydrogen (secondary N) is 2. The van der Waals surface area contributed by atoms with Crippen LogP contribution in [0.25, 0.3) is 0 Å². The molecule has 1 fully saturated rings. The SMILES string of the molecule is CC(C)NS(=O)(=O)Cc1ccccc1CNC(=O)c1cccnc1N1CCCC1. The van der Waals surface area contributed by atoms with E-state index in [9.17, 15) is 13.2 Å². The summed E-state index contributed by atoms with van der Waals surface area (Å²) in [6, 6.07) is 10.6. The summed E-state index contributed by atoms with van der Waals surface area (Å²) in [5.41, 5.74) is 1.99. The Balaban J connectivity index is 1.72. The van der Waals surface area contributed by atoms with Gasteiger partial charge in [-0.05, 0) is 49.9 Å². The lowest BCUT2D eigenvalue weighted by Gasteiger charge is -2.19. The third-order valence-electron chi connectivity index (χ3n) is 4.76. The van der Waals surface area contributed by atoms with Crippen LogP contribution in [-0.4, -0.2) is 38.4 Å². The monoisotopic (exact) mass is 416 g/mol. The first-order chi connectivity index (χ1) is 13.9. The standard InChI is InChI=1S/C21H28N4O3S/c1-16(2)24-29(27,28)15-18-9-4-3-8-17(18)14-23-21(26)19-10-7-11-22-20(19)25-12-5-6-13-25/h3-4,7-11,16,24H,5-6,12-15H2,1-2H3,(H,23,26). The van der Waals surface area contributed by atoms with Crippen LogP contribution in [0.15, 0.2) is 42.6 Å². The number of benzene rings is 1. The van der Waals surface area contributed by atoms with Gasteiger partial charge in [0, 0.05) is 31.9 Å². The fourth-order valence-electron chi connectivity index (χ4n) is 3.50. The second-order valence-electron chi connectivity index (χ2n) is 7.55. The van der Waals surface area contributed by atoms with Crippen LogP contribution in [0.3, 0.4) is 0 Å². The van der Waals surface area contributed by atoms with Gasteiger partial charge in [0.1, 0.15) is 5.82 Å². The predicted octanol–water partition coefficient (Wildman–Crippen LogP) is 2.44. The van der Waals surface area contributed by atoms with Crippen molar-refractivity contribution in [3.63, 3.8) is 0 Å². The van der Waals surface area contributed by atoms with Crippen LogP contribution in [0, 0.1) is 0 Å². The summed E-state index contributed by atoms with van der Waals surface area (Å²) >= 11 is 0. The Bertz CT molecular complexity index is 954. The van der Waals surface area contributed by atoms with Crippen molar-refractivity contribution in [1.82, 2.24) is 15.0 Å². The van der Waals surface area contributed by atoms with Crippen molar-refractivity contribution >= 4 is 21.7 Å². The zero-order valence-electron chi connectivity index (χ0n) is 16.9. The fourth-order valence-corrected chi connectivity index (χ4v) is 4.99. The third-order valence-corrected chi connectivity index (χ3v) is 6.28. The second-order valence-corrected chi connectivity index (χ2v) is 9.31. The number of aromatic nitrogens is 1. The van der Waals surface area contributed by atoms with Gasteiger partial charge in [-0.3, -0.25) is 4.79 Å². The van der Waals surface area contributed by atoms with Crippen molar-refractivity contribution in [3.05, 3.63) is 59.3 Å². The Morgan fingerprint density at radius 1 is 1.10 bits per heavy atom. The number of nitrogens with zero attached hydrogens (tertiary/aromatic N) is 2. The zero-order chi connectivity index (χ0) is 20.9. The lowest BCUT2D eigenvalue weighted by atomic mass is 10.1. The minimum atomic E-state index is -3.44. The van der Waals surface area contributed by atoms with E-state index < -0.39 is 10.0 Å². The van der Waals surface area contributed by atoms with Crippen molar-refractivity contribution in [2.75, 3.05) is 18.0 Å². The van der Waals surface area contributed by atoms with Gasteiger partial charge in [-0.25, -0.2) is 18.1 Å². The van der Waals surface area contributed by atoms with E-state index in [1.54, 1.807) is 44.3 Å². The molecule has 156 valence electrons. The van der Waals surface area contributed by atoms with Crippen molar-refractivity contribution in [3.8, 4) is 0 Å². The number of hydrogen-bond acceptors (Lipinski definition) is 5. The first-order valence-corrected chi connectivity index (χ1v) is 11.6. The number of carbonyl (C=O) groups excluding carboxylic acids is 1. The third kappa shape index (κ3) is 5.77. The van der Waals surface area contributed by atoms with Crippen molar-refractivity contribution < 1.29 is 13.2 Å². The summed E-state index contributed by atoms with van der Waals surface area (Å²) in [7, 11) is -3.44. The largest absolute Gasteiger partial charge is 0.356 e. The van der Waals surface area contributed by atoms with E-state index in [-0.39, 0.29) is 24.2 Å². The van der Waals surface area contributed by atoms with Gasteiger partial charge in [0.2, 0.25) is 10.0 Å². The lowest BCUT2D eigenvalue weighted by molar-refractivity contribution is 0.0951. The first kappa shape index (κ1) is 21.3. The molecule has 0 atom stereocenters. The van der Waals surface area contributed by atoms with Crippen LogP contribution in [0.5, 0.6) is 0 Å². The number of anilines is 1. The van der Waals surface area contributed by atoms with Crippen LogP contribution in [0.4, 0.5) is 5.82 Å². The van der Waals surface area contributed by atoms with Crippen LogP contribution >= 0.6 is 0 Å². The average Bonchev–Trinajstić information content (AvgIpc) is 3.20. The molecule has 0 saturated carbocycles. The molecule has 7 nitrogen and oxygen atoms in total. The highest BCUT2D eigenvalue weighted by Gasteiger charge is 2.21. The minimum Gasteiger partial charge on any atom is -0.356 e. The van der Waals surface area contributed by atoms with E-state index in [4.69, 9.17) is 0 Å². The van der Waals surface area contributed by atoms with E-state index in [0.29, 0.717) is 16.9 Å². The average molecular weight is 417 g/mol. The van der Waals surface area contributed by atoms with E-state index >= 15 is 0 Å². The van der Waals surface area contributed by atoms with Crippen molar-refractivity contribution in [2.45, 2.75) is 45.0 Å². The van der Waals surface area contributed by atoms with Gasteiger partial charge in [-0.2, -0.15) is 0 Å². The minimum absolute atomic E-state index is 0.122. The Morgan fingerprint density at radius 2 is 1.79 bits per heavy atom. The summed E-state index contributed by atoms with van der Waals surface area (Å²) in [5, 5.41) is 2.93. The first-order valence-electron chi connectivity index (χ1n) is 9.90. The highest BCUT2D eigenvalue weighted by molar-refractivity contribution is 7.88. The molecule has 2 aromatic rings. The summed E-state index contributed by atoms with van der Waals surface area (Å²) < 4.78 is 27.2. The second kappa shape index (κ2) is 9.37. The number of sulfonamides is 1. The molecule has 2 N–H and O–H groups in total. The maximum Gasteiger partial charge on any atom is 0.255 e. The van der Waals surface area contributed by atoms with Crippen molar-refractivity contribution in [1.29, 1.82) is 0 Å². The van der Waals surface area contributed by atoms with E-state index in [1.807, 2.05) is 12.1 Å². The Hall–Kier alpha value is -2.45. The van der Waals surface area contributed by atoms with Crippen LogP contribution in [0.2, 0.25) is 0 Å². The van der Waals surface area contributed by atoms with Gasteiger partial charge in [-0.15, -0.1) is 0 Å². The number of rotatable bonds is 8. The summed E-state index contributed by atoms with van der Waals surface area (Å²) in [4.78, 5) is 19.4. The Labute approximate surface area is 172 Å². The van der Waals surface area contributed by atoms with E-state index in [1.165, 1.54) is 0 Å². The predicted molar refractivity (Wildman–Crippen MR) is 114 cm³/mol. The van der Waals surface area contributed by atoms with Gasteiger partial charge in [0.15, 0.2) is 0 Å². The molecule has 1 aliphatic heterocycles. The molecule has 0 spiro atoms. The van der Waals surface area contributed by atoms with Crippen LogP contribution in [-0.2, 0) is 22.3 Å². The highest BCUT2D eigenvalue weighted by Crippen LogP contribution is 2.22. The van der Waals surface area contributed by atoms with Gasteiger partial charge in [0.05, 0.1) is 11.3 Å². The molecular weight excluding hydrogens is 388 g/mol. The van der Waals surface area contributed by atoms with Gasteiger partial charge in [-0.1, -0.05) is 24.3 Å². The Morgan fingerprint density at radius 3 is 2.48 bits per heavy atom. The molecule has 8 heteroatoms. The number of carbonyl (C=O) groups is 1. The number of amides is 1. The molecule has 0 radical (unpaired) electrons. The molecule has 1 aromatic heterocycles. The molecule has 2 heterocycles. The van der Waals surface area contributed by atoms with E-state index in [0.717, 1.165) is 31.5 Å². The maximum atomic E-state index is 12.8. The maximum absolute atomic E-state index is 12.8. The fraction of sp³-hybridized carbons (Fsp3) is 0.429. The molecule has 29 heavy (non-hydrogen) atoms. The zero-order valence-corrected chi connectivity index (χ0v) is 17.7. The van der Waals surface area contributed by atoms with Crippen LogP contribution in [0.1, 0.15) is 48.2 Å². The summed E-state index contributed by atoms with van der Waals surface area (Å²) in [5.74, 6) is 0.376. The molecule has 1 amide bonds.